The summed E-state index contributed by atoms with van der Waals surface area (Å²) in [6.45, 7) is 0.429. The van der Waals surface area contributed by atoms with E-state index in [2.05, 4.69) is 0 Å². The maximum atomic E-state index is 10.5. The molecule has 0 aromatic carbocycles. The topological polar surface area (TPSA) is 26.3 Å². The van der Waals surface area contributed by atoms with Gasteiger partial charge in [0.1, 0.15) is 0 Å². The molecule has 1 aliphatic rings. The third-order valence-corrected chi connectivity index (χ3v) is 1.54. The van der Waals surface area contributed by atoms with E-state index in [1.54, 1.807) is 12.3 Å². The number of ether oxygens (including phenoxy) is 1. The fourth-order valence-corrected chi connectivity index (χ4v) is 0.838. The van der Waals surface area contributed by atoms with E-state index in [0.717, 1.165) is 0 Å². The number of hydrogen-bond acceptors (Lipinski definition) is 2. The number of allylic oxidation sites excluding steroid dienone is 1. The van der Waals surface area contributed by atoms with Crippen LogP contribution in [0, 0.1) is 5.92 Å². The molecule has 1 heterocycles. The summed E-state index contributed by atoms with van der Waals surface area (Å²) < 4.78 is 4.86. The lowest BCUT2D eigenvalue weighted by atomic mass is 10.1. The molecule has 1 rings (SSSR count). The fraction of sp³-hybridized carbons (Fsp3) is 0.500. The van der Waals surface area contributed by atoms with Crippen LogP contribution in [-0.2, 0) is 9.53 Å². The molecule has 0 amide bonds. The van der Waals surface area contributed by atoms with Crippen LogP contribution in [0.1, 0.15) is 6.42 Å². The molecule has 0 aromatic rings. The van der Waals surface area contributed by atoms with Crippen LogP contribution in [0.3, 0.4) is 0 Å². The molecule has 9 heavy (non-hydrogen) atoms. The highest BCUT2D eigenvalue weighted by Gasteiger charge is 2.16. The molecule has 0 N–H and O–H groups in total. The summed E-state index contributed by atoms with van der Waals surface area (Å²) in [6, 6.07) is 0. The van der Waals surface area contributed by atoms with Crippen molar-refractivity contribution in [3.63, 3.8) is 0 Å². The van der Waals surface area contributed by atoms with Crippen molar-refractivity contribution in [3.05, 3.63) is 12.3 Å². The van der Waals surface area contributed by atoms with Gasteiger partial charge in [-0.05, 0) is 24.1 Å². The summed E-state index contributed by atoms with van der Waals surface area (Å²) in [5, 5.41) is -0.306. The second-order valence-electron chi connectivity index (χ2n) is 1.94. The maximum absolute atomic E-state index is 10.5. The van der Waals surface area contributed by atoms with E-state index in [-0.39, 0.29) is 11.2 Å². The lowest BCUT2D eigenvalue weighted by molar-refractivity contribution is -0.116. The second-order valence-corrected chi connectivity index (χ2v) is 2.31. The molecule has 1 atom stereocenters. The Balaban J connectivity index is 2.44. The van der Waals surface area contributed by atoms with Crippen LogP contribution in [0.25, 0.3) is 0 Å². The fourth-order valence-electron chi connectivity index (χ4n) is 0.686. The van der Waals surface area contributed by atoms with Gasteiger partial charge in [-0.2, -0.15) is 0 Å². The van der Waals surface area contributed by atoms with E-state index in [1.165, 1.54) is 0 Å². The summed E-state index contributed by atoms with van der Waals surface area (Å²) in [4.78, 5) is 10.5. The minimum Gasteiger partial charge on any atom is -0.501 e. The van der Waals surface area contributed by atoms with Crippen molar-refractivity contribution in [3.8, 4) is 0 Å². The van der Waals surface area contributed by atoms with Crippen molar-refractivity contribution in [1.82, 2.24) is 0 Å². The second kappa shape index (κ2) is 2.87. The Labute approximate surface area is 58.4 Å². The van der Waals surface area contributed by atoms with Crippen LogP contribution >= 0.6 is 11.6 Å². The van der Waals surface area contributed by atoms with Gasteiger partial charge in [-0.1, -0.05) is 0 Å². The zero-order valence-corrected chi connectivity index (χ0v) is 5.60. The highest BCUT2D eigenvalue weighted by Crippen LogP contribution is 2.13. The Morgan fingerprint density at radius 3 is 2.89 bits per heavy atom. The summed E-state index contributed by atoms with van der Waals surface area (Å²) >= 11 is 5.20. The van der Waals surface area contributed by atoms with Crippen LogP contribution in [0.5, 0.6) is 0 Å². The molecule has 0 aliphatic carbocycles. The first kappa shape index (κ1) is 6.62. The van der Waals surface area contributed by atoms with Crippen molar-refractivity contribution in [1.29, 1.82) is 0 Å². The first-order valence-electron chi connectivity index (χ1n) is 2.76. The summed E-state index contributed by atoms with van der Waals surface area (Å²) in [7, 11) is 0. The van der Waals surface area contributed by atoms with E-state index < -0.39 is 0 Å². The maximum Gasteiger partial charge on any atom is 0.228 e. The Hall–Kier alpha value is -0.500. The van der Waals surface area contributed by atoms with Gasteiger partial charge in [0.2, 0.25) is 5.24 Å². The third-order valence-electron chi connectivity index (χ3n) is 1.23. The van der Waals surface area contributed by atoms with Crippen LogP contribution in [0.4, 0.5) is 0 Å². The molecule has 0 bridgehead atoms. The Morgan fingerprint density at radius 2 is 2.56 bits per heavy atom. The molecule has 0 saturated heterocycles. The largest absolute Gasteiger partial charge is 0.501 e. The van der Waals surface area contributed by atoms with E-state index in [1.807, 2.05) is 0 Å². The minimum atomic E-state index is -0.306. The van der Waals surface area contributed by atoms with E-state index in [9.17, 15) is 4.79 Å². The molecule has 50 valence electrons. The van der Waals surface area contributed by atoms with Gasteiger partial charge in [-0.15, -0.1) is 0 Å². The molecule has 1 aliphatic heterocycles. The van der Waals surface area contributed by atoms with Crippen LogP contribution in [0.15, 0.2) is 12.3 Å². The van der Waals surface area contributed by atoms with E-state index in [4.69, 9.17) is 16.3 Å². The average Bonchev–Trinajstić information content (AvgIpc) is 1.90. The number of rotatable bonds is 1. The Kier molecular flexibility index (Phi) is 2.11. The lowest BCUT2D eigenvalue weighted by Gasteiger charge is -2.12. The normalized spacial score (nSPS) is 25.2. The molecular formula is C6H7ClO2. The van der Waals surface area contributed by atoms with Gasteiger partial charge in [0.05, 0.1) is 18.8 Å². The highest BCUT2D eigenvalue weighted by molar-refractivity contribution is 6.64. The molecule has 0 aromatic heterocycles. The number of carbonyl (C=O) groups excluding carboxylic acids is 1. The van der Waals surface area contributed by atoms with Gasteiger partial charge in [0, 0.05) is 0 Å². The van der Waals surface area contributed by atoms with E-state index >= 15 is 0 Å². The molecule has 0 spiro atoms. The minimum absolute atomic E-state index is 0.128. The SMILES string of the molecule is O=C(Cl)C1CC=COC1. The molecule has 3 heteroatoms. The standard InChI is InChI=1S/C6H7ClO2/c7-6(8)5-2-1-3-9-4-5/h1,3,5H,2,4H2. The van der Waals surface area contributed by atoms with Crippen molar-refractivity contribution < 1.29 is 9.53 Å². The van der Waals surface area contributed by atoms with Crippen molar-refractivity contribution in [2.24, 2.45) is 5.92 Å². The number of halogens is 1. The summed E-state index contributed by atoms with van der Waals surface area (Å²) in [6.07, 6.45) is 4.10. The smallest absolute Gasteiger partial charge is 0.228 e. The molecule has 0 fully saturated rings. The Bertz CT molecular complexity index is 142. The van der Waals surface area contributed by atoms with Gasteiger partial charge in [0.25, 0.3) is 0 Å². The molecule has 0 radical (unpaired) electrons. The van der Waals surface area contributed by atoms with Gasteiger partial charge >= 0.3 is 0 Å². The monoisotopic (exact) mass is 146 g/mol. The average molecular weight is 147 g/mol. The molecule has 2 nitrogen and oxygen atoms in total. The first-order valence-corrected chi connectivity index (χ1v) is 3.14. The van der Waals surface area contributed by atoms with Crippen LogP contribution in [-0.4, -0.2) is 11.8 Å². The quantitative estimate of drug-likeness (QED) is 0.522. The van der Waals surface area contributed by atoms with Gasteiger partial charge in [-0.25, -0.2) is 0 Å². The van der Waals surface area contributed by atoms with Gasteiger partial charge < -0.3 is 4.74 Å². The zero-order valence-electron chi connectivity index (χ0n) is 4.84. The van der Waals surface area contributed by atoms with Crippen LogP contribution in [0.2, 0.25) is 0 Å². The third kappa shape index (κ3) is 1.72. The predicted molar refractivity (Wildman–Crippen MR) is 34.1 cm³/mol. The van der Waals surface area contributed by atoms with Gasteiger partial charge in [-0.3, -0.25) is 4.79 Å². The molecular weight excluding hydrogens is 140 g/mol. The Morgan fingerprint density at radius 1 is 1.78 bits per heavy atom. The highest BCUT2D eigenvalue weighted by atomic mass is 35.5. The predicted octanol–water partition coefficient (Wildman–Crippen LogP) is 1.30. The number of carbonyl (C=O) groups is 1. The van der Waals surface area contributed by atoms with Crippen LogP contribution < -0.4 is 0 Å². The molecule has 1 unspecified atom stereocenters. The van der Waals surface area contributed by atoms with Gasteiger partial charge in [0.15, 0.2) is 0 Å². The zero-order chi connectivity index (χ0) is 6.69. The first-order chi connectivity index (χ1) is 4.30. The van der Waals surface area contributed by atoms with Crippen molar-refractivity contribution in [2.45, 2.75) is 6.42 Å². The van der Waals surface area contributed by atoms with Crippen molar-refractivity contribution >= 4 is 16.8 Å². The number of hydrogen-bond donors (Lipinski definition) is 0. The van der Waals surface area contributed by atoms with Crippen molar-refractivity contribution in [2.75, 3.05) is 6.61 Å². The lowest BCUT2D eigenvalue weighted by Crippen LogP contribution is -2.16. The summed E-state index contributed by atoms with van der Waals surface area (Å²) in [5.41, 5.74) is 0. The summed E-state index contributed by atoms with van der Waals surface area (Å²) in [5.74, 6) is -0.128. The molecule has 0 saturated carbocycles. The van der Waals surface area contributed by atoms with E-state index in [0.29, 0.717) is 13.0 Å².